The van der Waals surface area contributed by atoms with Gasteiger partial charge in [0.15, 0.2) is 11.5 Å². The van der Waals surface area contributed by atoms with Crippen LogP contribution in [0.15, 0.2) is 30.6 Å². The van der Waals surface area contributed by atoms with E-state index in [2.05, 4.69) is 15.3 Å². The molecule has 0 unspecified atom stereocenters. The van der Waals surface area contributed by atoms with Crippen molar-refractivity contribution in [2.75, 3.05) is 12.3 Å². The number of nitrogens with zero attached hydrogens (tertiary/aromatic N) is 2. The van der Waals surface area contributed by atoms with Crippen molar-refractivity contribution < 1.29 is 18.7 Å². The largest absolute Gasteiger partial charge is 0.386 e. The Labute approximate surface area is 118 Å². The molecule has 0 radical (unpaired) electrons. The summed E-state index contributed by atoms with van der Waals surface area (Å²) in [5, 5.41) is 12.2. The Hall–Kier alpha value is -2.61. The zero-order valence-corrected chi connectivity index (χ0v) is 10.8. The second kappa shape index (κ2) is 6.23. The molecule has 0 bridgehead atoms. The minimum atomic E-state index is -1.33. The third-order valence-electron chi connectivity index (χ3n) is 2.72. The van der Waals surface area contributed by atoms with Gasteiger partial charge in [-0.05, 0) is 6.07 Å². The number of carbonyl (C=O) groups is 1. The van der Waals surface area contributed by atoms with E-state index in [1.807, 2.05) is 0 Å². The quantitative estimate of drug-likeness (QED) is 0.774. The molecular weight excluding hydrogens is 282 g/mol. The van der Waals surface area contributed by atoms with E-state index >= 15 is 0 Å². The molecule has 8 heteroatoms. The molecule has 0 aliphatic carbocycles. The monoisotopic (exact) mass is 294 g/mol. The van der Waals surface area contributed by atoms with Gasteiger partial charge < -0.3 is 16.2 Å². The fourth-order valence-corrected chi connectivity index (χ4v) is 1.68. The molecule has 1 aromatic heterocycles. The molecule has 110 valence electrons. The number of nitrogens with two attached hydrogens (primary N) is 1. The van der Waals surface area contributed by atoms with Crippen molar-refractivity contribution >= 4 is 11.7 Å². The first-order chi connectivity index (χ1) is 9.99. The van der Waals surface area contributed by atoms with Crippen molar-refractivity contribution in [3.05, 3.63) is 53.5 Å². The average Bonchev–Trinajstić information content (AvgIpc) is 2.45. The molecule has 21 heavy (non-hydrogen) atoms. The molecule has 1 heterocycles. The van der Waals surface area contributed by atoms with E-state index in [0.717, 1.165) is 12.1 Å². The predicted molar refractivity (Wildman–Crippen MR) is 70.1 cm³/mol. The molecule has 0 spiro atoms. The number of halogens is 2. The lowest BCUT2D eigenvalue weighted by Crippen LogP contribution is -2.30. The van der Waals surface area contributed by atoms with Gasteiger partial charge in [-0.25, -0.2) is 18.7 Å². The van der Waals surface area contributed by atoms with Gasteiger partial charge in [0.1, 0.15) is 11.6 Å². The van der Waals surface area contributed by atoms with E-state index in [-0.39, 0.29) is 23.6 Å². The van der Waals surface area contributed by atoms with Crippen LogP contribution in [-0.2, 0) is 0 Å². The normalized spacial score (nSPS) is 12.0. The van der Waals surface area contributed by atoms with Crippen LogP contribution in [0.3, 0.4) is 0 Å². The third kappa shape index (κ3) is 3.48. The van der Waals surface area contributed by atoms with Crippen LogP contribution >= 0.6 is 0 Å². The van der Waals surface area contributed by atoms with Crippen molar-refractivity contribution in [3.63, 3.8) is 0 Å². The van der Waals surface area contributed by atoms with Crippen LogP contribution in [-0.4, -0.2) is 27.5 Å². The first-order valence-electron chi connectivity index (χ1n) is 5.96. The maximum atomic E-state index is 13.5. The minimum absolute atomic E-state index is 0.0579. The van der Waals surface area contributed by atoms with Gasteiger partial charge in [-0.15, -0.1) is 0 Å². The lowest BCUT2D eigenvalue weighted by atomic mass is 10.1. The van der Waals surface area contributed by atoms with Crippen LogP contribution in [0.2, 0.25) is 0 Å². The molecule has 6 nitrogen and oxygen atoms in total. The standard InChI is InChI=1S/C13H12F2N4O2/c14-7-1-2-8(9(15)5-7)10(20)6-19-13(21)11-12(16)18-4-3-17-11/h1-5,10,20H,6H2,(H2,16,18)(H,19,21)/t10-/m0/s1. The van der Waals surface area contributed by atoms with Gasteiger partial charge in [-0.3, -0.25) is 4.79 Å². The van der Waals surface area contributed by atoms with Crippen LogP contribution in [0, 0.1) is 11.6 Å². The summed E-state index contributed by atoms with van der Waals surface area (Å²) in [6.45, 7) is -0.280. The molecule has 0 fully saturated rings. The Balaban J connectivity index is 2.02. The Morgan fingerprint density at radius 1 is 1.33 bits per heavy atom. The van der Waals surface area contributed by atoms with Gasteiger partial charge in [0.2, 0.25) is 0 Å². The molecule has 4 N–H and O–H groups in total. The molecule has 1 amide bonds. The molecule has 1 atom stereocenters. The third-order valence-corrected chi connectivity index (χ3v) is 2.72. The van der Waals surface area contributed by atoms with Crippen molar-refractivity contribution in [3.8, 4) is 0 Å². The summed E-state index contributed by atoms with van der Waals surface area (Å²) in [5.74, 6) is -2.35. The summed E-state index contributed by atoms with van der Waals surface area (Å²) >= 11 is 0. The highest BCUT2D eigenvalue weighted by molar-refractivity contribution is 5.96. The molecule has 0 saturated heterocycles. The second-order valence-electron chi connectivity index (χ2n) is 4.18. The number of rotatable bonds is 4. The van der Waals surface area contributed by atoms with Crippen LogP contribution in [0.4, 0.5) is 14.6 Å². The maximum absolute atomic E-state index is 13.5. The van der Waals surface area contributed by atoms with Crippen LogP contribution in [0.1, 0.15) is 22.2 Å². The lowest BCUT2D eigenvalue weighted by molar-refractivity contribution is 0.0909. The number of hydrogen-bond donors (Lipinski definition) is 3. The average molecular weight is 294 g/mol. The highest BCUT2D eigenvalue weighted by atomic mass is 19.1. The number of anilines is 1. The van der Waals surface area contributed by atoms with Gasteiger partial charge in [0.25, 0.3) is 5.91 Å². The molecule has 0 saturated carbocycles. The van der Waals surface area contributed by atoms with Gasteiger partial charge in [-0.1, -0.05) is 6.07 Å². The fraction of sp³-hybridized carbons (Fsp3) is 0.154. The van der Waals surface area contributed by atoms with Crippen molar-refractivity contribution in [2.45, 2.75) is 6.10 Å². The first kappa shape index (κ1) is 14.8. The predicted octanol–water partition coefficient (Wildman–Crippen LogP) is 0.800. The number of benzene rings is 1. The van der Waals surface area contributed by atoms with E-state index < -0.39 is 23.6 Å². The Kier molecular flexibility index (Phi) is 4.39. The van der Waals surface area contributed by atoms with E-state index in [0.29, 0.717) is 6.07 Å². The molecule has 0 aliphatic heterocycles. The van der Waals surface area contributed by atoms with Crippen molar-refractivity contribution in [2.24, 2.45) is 0 Å². The van der Waals surface area contributed by atoms with E-state index in [9.17, 15) is 18.7 Å². The lowest BCUT2D eigenvalue weighted by Gasteiger charge is -2.13. The summed E-state index contributed by atoms with van der Waals surface area (Å²) in [5.41, 5.74) is 5.27. The van der Waals surface area contributed by atoms with E-state index in [1.165, 1.54) is 12.4 Å². The maximum Gasteiger partial charge on any atom is 0.273 e. The minimum Gasteiger partial charge on any atom is -0.386 e. The van der Waals surface area contributed by atoms with Gasteiger partial charge in [0.05, 0.1) is 6.10 Å². The number of aliphatic hydroxyl groups excluding tert-OH is 1. The highest BCUT2D eigenvalue weighted by Crippen LogP contribution is 2.17. The van der Waals surface area contributed by atoms with Gasteiger partial charge >= 0.3 is 0 Å². The van der Waals surface area contributed by atoms with Gasteiger partial charge in [-0.2, -0.15) is 0 Å². The zero-order chi connectivity index (χ0) is 15.4. The summed E-state index contributed by atoms with van der Waals surface area (Å²) in [6, 6.07) is 2.78. The SMILES string of the molecule is Nc1nccnc1C(=O)NC[C@H](O)c1ccc(F)cc1F. The Morgan fingerprint density at radius 2 is 2.05 bits per heavy atom. The van der Waals surface area contributed by atoms with E-state index in [4.69, 9.17) is 5.73 Å². The van der Waals surface area contributed by atoms with Crippen LogP contribution < -0.4 is 11.1 Å². The van der Waals surface area contributed by atoms with Crippen molar-refractivity contribution in [1.82, 2.24) is 15.3 Å². The summed E-state index contributed by atoms with van der Waals surface area (Å²) < 4.78 is 26.2. The number of carbonyl (C=O) groups excluding carboxylic acids is 1. The summed E-state index contributed by atoms with van der Waals surface area (Å²) in [6.07, 6.45) is 1.29. The summed E-state index contributed by atoms with van der Waals surface area (Å²) in [4.78, 5) is 19.2. The highest BCUT2D eigenvalue weighted by Gasteiger charge is 2.17. The first-order valence-corrected chi connectivity index (χ1v) is 5.96. The number of aliphatic hydroxyl groups is 1. The smallest absolute Gasteiger partial charge is 0.273 e. The molecule has 2 aromatic rings. The number of amides is 1. The topological polar surface area (TPSA) is 101 Å². The zero-order valence-electron chi connectivity index (χ0n) is 10.8. The second-order valence-corrected chi connectivity index (χ2v) is 4.18. The van der Waals surface area contributed by atoms with Gasteiger partial charge in [0, 0.05) is 30.6 Å². The van der Waals surface area contributed by atoms with E-state index in [1.54, 1.807) is 0 Å². The molecular formula is C13H12F2N4O2. The Morgan fingerprint density at radius 3 is 2.71 bits per heavy atom. The van der Waals surface area contributed by atoms with Crippen LogP contribution in [0.25, 0.3) is 0 Å². The fourth-order valence-electron chi connectivity index (χ4n) is 1.68. The number of nitrogen functional groups attached to an aromatic ring is 1. The molecule has 1 aromatic carbocycles. The number of aromatic nitrogens is 2. The van der Waals surface area contributed by atoms with Crippen LogP contribution in [0.5, 0.6) is 0 Å². The van der Waals surface area contributed by atoms with Crippen molar-refractivity contribution in [1.29, 1.82) is 0 Å². The number of nitrogens with one attached hydrogen (secondary N) is 1. The number of hydrogen-bond acceptors (Lipinski definition) is 5. The molecule has 2 rings (SSSR count). The molecule has 0 aliphatic rings. The summed E-state index contributed by atoms with van der Waals surface area (Å²) in [7, 11) is 0. The Bertz CT molecular complexity index is 666.